The summed E-state index contributed by atoms with van der Waals surface area (Å²) in [4.78, 5) is 24.2. The molecule has 1 aromatic heterocycles. The Hall–Kier alpha value is -4.53. The minimum absolute atomic E-state index is 0.0829. The smallest absolute Gasteiger partial charge is 0.262 e. The second-order valence-corrected chi connectivity index (χ2v) is 7.80. The van der Waals surface area contributed by atoms with Gasteiger partial charge in [-0.25, -0.2) is 8.78 Å². The number of benzene rings is 3. The number of amides is 2. The van der Waals surface area contributed by atoms with Gasteiger partial charge < -0.3 is 15.4 Å². The Morgan fingerprint density at radius 2 is 1.37 bits per heavy atom. The molecule has 35 heavy (non-hydrogen) atoms. The van der Waals surface area contributed by atoms with E-state index in [1.165, 1.54) is 35.9 Å². The lowest BCUT2D eigenvalue weighted by Gasteiger charge is -2.08. The lowest BCUT2D eigenvalue weighted by molar-refractivity contribution is -0.114. The number of hydrogen-bond donors (Lipinski definition) is 2. The van der Waals surface area contributed by atoms with E-state index in [0.717, 1.165) is 5.56 Å². The summed E-state index contributed by atoms with van der Waals surface area (Å²) in [5.74, 6) is -1.25. The summed E-state index contributed by atoms with van der Waals surface area (Å²) in [7, 11) is 0. The largest absolute Gasteiger partial charge is 0.471 e. The third kappa shape index (κ3) is 6.50. The van der Waals surface area contributed by atoms with Gasteiger partial charge in [0.1, 0.15) is 23.8 Å². The maximum Gasteiger partial charge on any atom is 0.262 e. The summed E-state index contributed by atoms with van der Waals surface area (Å²) in [6, 6.07) is 18.4. The number of carbonyl (C=O) groups is 2. The predicted molar refractivity (Wildman–Crippen MR) is 127 cm³/mol. The van der Waals surface area contributed by atoms with Crippen LogP contribution in [-0.4, -0.2) is 21.6 Å². The second-order valence-electron chi connectivity index (χ2n) is 7.80. The third-order valence-corrected chi connectivity index (χ3v) is 4.98. The number of halogens is 2. The van der Waals surface area contributed by atoms with E-state index in [9.17, 15) is 18.4 Å². The highest BCUT2D eigenvalue weighted by molar-refractivity contribution is 6.05. The van der Waals surface area contributed by atoms with Crippen molar-refractivity contribution in [3.05, 3.63) is 107 Å². The highest BCUT2D eigenvalue weighted by Gasteiger charge is 2.19. The molecule has 0 unspecified atom stereocenters. The van der Waals surface area contributed by atoms with Gasteiger partial charge in [-0.2, -0.15) is 0 Å². The van der Waals surface area contributed by atoms with E-state index in [0.29, 0.717) is 23.5 Å². The van der Waals surface area contributed by atoms with Crippen molar-refractivity contribution in [1.82, 2.24) is 9.78 Å². The van der Waals surface area contributed by atoms with Crippen LogP contribution in [0, 0.1) is 11.6 Å². The molecule has 2 N–H and O–H groups in total. The van der Waals surface area contributed by atoms with E-state index in [-0.39, 0.29) is 35.6 Å². The molecular formula is C26H22F2N4O3. The molecule has 0 atom stereocenters. The number of carbonyl (C=O) groups excluding carboxylic acids is 2. The summed E-state index contributed by atoms with van der Waals surface area (Å²) >= 11 is 0. The average molecular weight is 476 g/mol. The molecule has 1 heterocycles. The Labute approximate surface area is 200 Å². The summed E-state index contributed by atoms with van der Waals surface area (Å²) in [6.45, 7) is 1.79. The molecule has 0 saturated carbocycles. The van der Waals surface area contributed by atoms with Crippen molar-refractivity contribution >= 4 is 23.2 Å². The summed E-state index contributed by atoms with van der Waals surface area (Å²) in [6.07, 6.45) is 1.55. The SMILES string of the molecule is CC(=O)Nc1ccc(NC(=O)c2cn(Cc3ccc(F)cc3)nc2OCc2ccc(F)cc2)cc1. The van der Waals surface area contributed by atoms with Crippen LogP contribution >= 0.6 is 0 Å². The first-order valence-electron chi connectivity index (χ1n) is 10.7. The van der Waals surface area contributed by atoms with Crippen LogP contribution in [0.2, 0.25) is 0 Å². The standard InChI is InChI=1S/C26H22F2N4O3/c1-17(33)29-22-10-12-23(13-11-22)30-25(34)24-15-32(14-18-2-6-20(27)7-3-18)31-26(24)35-16-19-4-8-21(28)9-5-19/h2-13,15H,14,16H2,1H3,(H,29,33)(H,30,34). The highest BCUT2D eigenvalue weighted by Crippen LogP contribution is 2.22. The van der Waals surface area contributed by atoms with Gasteiger partial charge in [0.2, 0.25) is 11.8 Å². The second kappa shape index (κ2) is 10.6. The minimum Gasteiger partial charge on any atom is -0.471 e. The van der Waals surface area contributed by atoms with E-state index in [2.05, 4.69) is 15.7 Å². The Bertz CT molecular complexity index is 1320. The van der Waals surface area contributed by atoms with Crippen molar-refractivity contribution in [2.24, 2.45) is 0 Å². The van der Waals surface area contributed by atoms with Gasteiger partial charge >= 0.3 is 0 Å². The predicted octanol–water partition coefficient (Wildman–Crippen LogP) is 5.00. The molecule has 0 saturated heterocycles. The van der Waals surface area contributed by atoms with Crippen molar-refractivity contribution in [1.29, 1.82) is 0 Å². The Balaban J connectivity index is 1.54. The topological polar surface area (TPSA) is 85.3 Å². The molecule has 0 fully saturated rings. The zero-order valence-corrected chi connectivity index (χ0v) is 18.8. The van der Waals surface area contributed by atoms with Crippen molar-refractivity contribution < 1.29 is 23.1 Å². The molecule has 2 amide bonds. The first-order chi connectivity index (χ1) is 16.9. The number of hydrogen-bond acceptors (Lipinski definition) is 4. The van der Waals surface area contributed by atoms with E-state index in [1.807, 2.05) is 0 Å². The molecule has 0 aliphatic heterocycles. The fourth-order valence-electron chi connectivity index (χ4n) is 3.29. The van der Waals surface area contributed by atoms with Crippen LogP contribution in [0.25, 0.3) is 0 Å². The Morgan fingerprint density at radius 1 is 0.829 bits per heavy atom. The first kappa shape index (κ1) is 23.6. The molecule has 0 radical (unpaired) electrons. The fourth-order valence-corrected chi connectivity index (χ4v) is 3.29. The van der Waals surface area contributed by atoms with Gasteiger partial charge in [0, 0.05) is 24.5 Å². The number of nitrogens with zero attached hydrogens (tertiary/aromatic N) is 2. The van der Waals surface area contributed by atoms with Crippen LogP contribution in [-0.2, 0) is 17.9 Å². The number of aromatic nitrogens is 2. The van der Waals surface area contributed by atoms with Gasteiger partial charge in [-0.3, -0.25) is 14.3 Å². The lowest BCUT2D eigenvalue weighted by atomic mass is 10.2. The summed E-state index contributed by atoms with van der Waals surface area (Å²) < 4.78 is 33.8. The third-order valence-electron chi connectivity index (χ3n) is 4.98. The van der Waals surface area contributed by atoms with Crippen molar-refractivity contribution in [3.8, 4) is 5.88 Å². The number of rotatable bonds is 8. The molecular weight excluding hydrogens is 454 g/mol. The van der Waals surface area contributed by atoms with Crippen LogP contribution in [0.4, 0.5) is 20.2 Å². The number of ether oxygens (including phenoxy) is 1. The van der Waals surface area contributed by atoms with Gasteiger partial charge in [-0.15, -0.1) is 5.10 Å². The molecule has 178 valence electrons. The molecule has 4 rings (SSSR count). The van der Waals surface area contributed by atoms with Crippen LogP contribution < -0.4 is 15.4 Å². The van der Waals surface area contributed by atoms with Gasteiger partial charge in [0.25, 0.3) is 5.91 Å². The molecule has 4 aromatic rings. The van der Waals surface area contributed by atoms with Gasteiger partial charge in [-0.1, -0.05) is 24.3 Å². The zero-order valence-electron chi connectivity index (χ0n) is 18.8. The lowest BCUT2D eigenvalue weighted by Crippen LogP contribution is -2.13. The average Bonchev–Trinajstić information content (AvgIpc) is 3.24. The van der Waals surface area contributed by atoms with Crippen LogP contribution in [0.3, 0.4) is 0 Å². The summed E-state index contributed by atoms with van der Waals surface area (Å²) in [5.41, 5.74) is 2.81. The molecule has 0 aliphatic carbocycles. The molecule has 9 heteroatoms. The Kier molecular flexibility index (Phi) is 7.15. The number of nitrogens with one attached hydrogen (secondary N) is 2. The molecule has 3 aromatic carbocycles. The van der Waals surface area contributed by atoms with E-state index in [4.69, 9.17) is 4.74 Å². The quantitative estimate of drug-likeness (QED) is 0.375. The highest BCUT2D eigenvalue weighted by atomic mass is 19.1. The number of anilines is 2. The monoisotopic (exact) mass is 476 g/mol. The van der Waals surface area contributed by atoms with Crippen LogP contribution in [0.15, 0.2) is 79.0 Å². The van der Waals surface area contributed by atoms with Gasteiger partial charge in [0.15, 0.2) is 0 Å². The van der Waals surface area contributed by atoms with E-state index < -0.39 is 5.91 Å². The van der Waals surface area contributed by atoms with Crippen molar-refractivity contribution in [2.75, 3.05) is 10.6 Å². The Morgan fingerprint density at radius 3 is 1.94 bits per heavy atom. The van der Waals surface area contributed by atoms with Crippen molar-refractivity contribution in [2.45, 2.75) is 20.1 Å². The van der Waals surface area contributed by atoms with Gasteiger partial charge in [0.05, 0.1) is 6.54 Å². The first-order valence-corrected chi connectivity index (χ1v) is 10.7. The zero-order chi connectivity index (χ0) is 24.8. The molecule has 0 bridgehead atoms. The normalized spacial score (nSPS) is 10.6. The molecule has 7 nitrogen and oxygen atoms in total. The fraction of sp³-hybridized carbons (Fsp3) is 0.115. The summed E-state index contributed by atoms with van der Waals surface area (Å²) in [5, 5.41) is 9.83. The van der Waals surface area contributed by atoms with Crippen molar-refractivity contribution in [3.63, 3.8) is 0 Å². The van der Waals surface area contributed by atoms with Gasteiger partial charge in [-0.05, 0) is 59.7 Å². The van der Waals surface area contributed by atoms with Crippen LogP contribution in [0.5, 0.6) is 5.88 Å². The maximum absolute atomic E-state index is 13.2. The maximum atomic E-state index is 13.2. The minimum atomic E-state index is -0.447. The van der Waals surface area contributed by atoms with E-state index in [1.54, 1.807) is 54.7 Å². The van der Waals surface area contributed by atoms with Crippen LogP contribution in [0.1, 0.15) is 28.4 Å². The molecule has 0 spiro atoms. The molecule has 0 aliphatic rings. The van der Waals surface area contributed by atoms with E-state index >= 15 is 0 Å².